The number of nitrogens with one attached hydrogen (secondary N) is 1. The van der Waals surface area contributed by atoms with Gasteiger partial charge in [0.25, 0.3) is 0 Å². The summed E-state index contributed by atoms with van der Waals surface area (Å²) < 4.78 is 5.57. The zero-order valence-electron chi connectivity index (χ0n) is 11.1. The number of hydrogen-bond acceptors (Lipinski definition) is 5. The molecule has 1 saturated heterocycles. The summed E-state index contributed by atoms with van der Waals surface area (Å²) in [6, 6.07) is 4.69. The molecule has 2 aromatic rings. The van der Waals surface area contributed by atoms with E-state index in [0.29, 0.717) is 6.04 Å². The molecule has 0 aromatic carbocycles. The lowest BCUT2D eigenvalue weighted by Crippen LogP contribution is -2.36. The molecule has 1 fully saturated rings. The Morgan fingerprint density at radius 2 is 2.53 bits per heavy atom. The summed E-state index contributed by atoms with van der Waals surface area (Å²) in [7, 11) is 0. The average Bonchev–Trinajstić information content (AvgIpc) is 3.15. The molecule has 1 aliphatic heterocycles. The predicted octanol–water partition coefficient (Wildman–Crippen LogP) is 2.59. The molecule has 0 bridgehead atoms. The van der Waals surface area contributed by atoms with Crippen LogP contribution in [0.25, 0.3) is 10.8 Å². The second-order valence-corrected chi connectivity index (χ2v) is 5.78. The highest BCUT2D eigenvalue weighted by Gasteiger charge is 2.22. The van der Waals surface area contributed by atoms with Gasteiger partial charge in [-0.2, -0.15) is 0 Å². The molecule has 102 valence electrons. The van der Waals surface area contributed by atoms with Crippen LogP contribution >= 0.6 is 11.3 Å². The molecular formula is C14H19N3OS. The first-order valence-electron chi connectivity index (χ1n) is 6.80. The molecule has 5 heteroatoms. The lowest BCUT2D eigenvalue weighted by Gasteiger charge is -2.25. The fraction of sp³-hybridized carbons (Fsp3) is 0.500. The summed E-state index contributed by atoms with van der Waals surface area (Å²) in [5, 5.41) is 5.46. The van der Waals surface area contributed by atoms with E-state index in [-0.39, 0.29) is 0 Å². The van der Waals surface area contributed by atoms with Crippen LogP contribution in [0.1, 0.15) is 19.0 Å². The van der Waals surface area contributed by atoms with E-state index in [1.807, 2.05) is 17.5 Å². The Balaban J connectivity index is 1.68. The van der Waals surface area contributed by atoms with Crippen molar-refractivity contribution in [2.24, 2.45) is 0 Å². The van der Waals surface area contributed by atoms with Crippen LogP contribution in [0.4, 0.5) is 0 Å². The Morgan fingerprint density at radius 1 is 1.58 bits per heavy atom. The smallest absolute Gasteiger partial charge is 0.236 e. The van der Waals surface area contributed by atoms with Crippen molar-refractivity contribution in [2.45, 2.75) is 25.9 Å². The van der Waals surface area contributed by atoms with Crippen molar-refractivity contribution >= 4 is 11.3 Å². The molecule has 3 heterocycles. The van der Waals surface area contributed by atoms with Gasteiger partial charge in [-0.15, -0.1) is 11.3 Å². The van der Waals surface area contributed by atoms with Crippen molar-refractivity contribution in [1.82, 2.24) is 15.2 Å². The van der Waals surface area contributed by atoms with Crippen molar-refractivity contribution in [3.63, 3.8) is 0 Å². The van der Waals surface area contributed by atoms with E-state index in [9.17, 15) is 0 Å². The van der Waals surface area contributed by atoms with Gasteiger partial charge < -0.3 is 9.73 Å². The molecule has 19 heavy (non-hydrogen) atoms. The molecule has 2 aromatic heterocycles. The Labute approximate surface area is 117 Å². The van der Waals surface area contributed by atoms with Crippen LogP contribution in [-0.2, 0) is 6.54 Å². The van der Waals surface area contributed by atoms with Gasteiger partial charge in [-0.1, -0.05) is 13.0 Å². The first kappa shape index (κ1) is 12.8. The molecule has 0 amide bonds. The summed E-state index contributed by atoms with van der Waals surface area (Å²) in [4.78, 5) is 8.16. The molecule has 0 saturated carbocycles. The number of oxazole rings is 1. The van der Waals surface area contributed by atoms with Crippen LogP contribution in [-0.4, -0.2) is 35.6 Å². The first-order valence-corrected chi connectivity index (χ1v) is 7.68. The van der Waals surface area contributed by atoms with Gasteiger partial charge in [-0.05, 0) is 31.0 Å². The van der Waals surface area contributed by atoms with Gasteiger partial charge in [0.1, 0.15) is 6.26 Å². The zero-order chi connectivity index (χ0) is 13.1. The summed E-state index contributed by atoms with van der Waals surface area (Å²) in [6.07, 6.45) is 3.02. The normalized spacial score (nSPS) is 19.4. The van der Waals surface area contributed by atoms with Crippen LogP contribution in [0.5, 0.6) is 0 Å². The fourth-order valence-electron chi connectivity index (χ4n) is 2.55. The summed E-state index contributed by atoms with van der Waals surface area (Å²) in [6.45, 7) is 6.34. The van der Waals surface area contributed by atoms with Crippen LogP contribution in [0, 0.1) is 0 Å². The Bertz CT molecular complexity index is 503. The Morgan fingerprint density at radius 3 is 3.21 bits per heavy atom. The average molecular weight is 277 g/mol. The molecule has 3 rings (SSSR count). The van der Waals surface area contributed by atoms with Gasteiger partial charge >= 0.3 is 0 Å². The minimum Gasteiger partial charge on any atom is -0.444 e. The number of hydrogen-bond donors (Lipinski definition) is 1. The lowest BCUT2D eigenvalue weighted by molar-refractivity contribution is 0.208. The molecule has 0 aliphatic carbocycles. The molecule has 1 N–H and O–H groups in total. The standard InChI is InChI=1S/C14H19N3OS/c1-2-17(12-5-6-15-8-12)9-11-10-18-14(16-11)13-4-3-7-19-13/h3-4,7,10,12,15H,2,5-6,8-9H2,1H3. The maximum absolute atomic E-state index is 5.57. The molecule has 1 aliphatic rings. The minimum atomic E-state index is 0.631. The Hall–Kier alpha value is -1.17. The van der Waals surface area contributed by atoms with Crippen LogP contribution in [0.3, 0.4) is 0 Å². The molecular weight excluding hydrogens is 258 g/mol. The number of likely N-dealkylation sites (N-methyl/N-ethyl adjacent to an activating group) is 1. The monoisotopic (exact) mass is 277 g/mol. The molecule has 0 spiro atoms. The first-order chi connectivity index (χ1) is 9.36. The quantitative estimate of drug-likeness (QED) is 0.912. The minimum absolute atomic E-state index is 0.631. The van der Waals surface area contributed by atoms with Crippen LogP contribution in [0.2, 0.25) is 0 Å². The topological polar surface area (TPSA) is 41.3 Å². The van der Waals surface area contributed by atoms with E-state index in [0.717, 1.165) is 42.6 Å². The lowest BCUT2D eigenvalue weighted by atomic mass is 10.2. The fourth-order valence-corrected chi connectivity index (χ4v) is 3.21. The predicted molar refractivity (Wildman–Crippen MR) is 77.2 cm³/mol. The van der Waals surface area contributed by atoms with Gasteiger partial charge in [-0.3, -0.25) is 4.90 Å². The van der Waals surface area contributed by atoms with Gasteiger partial charge in [0.2, 0.25) is 5.89 Å². The maximum atomic E-state index is 5.57. The van der Waals surface area contributed by atoms with Crippen LogP contribution < -0.4 is 5.32 Å². The highest BCUT2D eigenvalue weighted by Crippen LogP contribution is 2.24. The summed E-state index contributed by atoms with van der Waals surface area (Å²) >= 11 is 1.66. The van der Waals surface area contributed by atoms with E-state index in [4.69, 9.17) is 4.42 Å². The zero-order valence-corrected chi connectivity index (χ0v) is 11.9. The molecule has 0 radical (unpaired) electrons. The number of thiophene rings is 1. The number of aromatic nitrogens is 1. The van der Waals surface area contributed by atoms with E-state index < -0.39 is 0 Å². The number of nitrogens with zero attached hydrogens (tertiary/aromatic N) is 2. The second-order valence-electron chi connectivity index (χ2n) is 4.83. The van der Waals surface area contributed by atoms with Crippen molar-refractivity contribution in [1.29, 1.82) is 0 Å². The maximum Gasteiger partial charge on any atom is 0.236 e. The van der Waals surface area contributed by atoms with Crippen molar-refractivity contribution in [3.8, 4) is 10.8 Å². The van der Waals surface area contributed by atoms with Gasteiger partial charge in [0.05, 0.1) is 10.6 Å². The van der Waals surface area contributed by atoms with E-state index in [1.165, 1.54) is 6.42 Å². The van der Waals surface area contributed by atoms with Crippen molar-refractivity contribution < 1.29 is 4.42 Å². The second kappa shape index (κ2) is 5.86. The molecule has 4 nitrogen and oxygen atoms in total. The third-order valence-electron chi connectivity index (χ3n) is 3.61. The van der Waals surface area contributed by atoms with E-state index >= 15 is 0 Å². The summed E-state index contributed by atoms with van der Waals surface area (Å²) in [5.41, 5.74) is 1.03. The highest BCUT2D eigenvalue weighted by molar-refractivity contribution is 7.13. The van der Waals surface area contributed by atoms with E-state index in [2.05, 4.69) is 22.1 Å². The van der Waals surface area contributed by atoms with Crippen LogP contribution in [0.15, 0.2) is 28.2 Å². The molecule has 1 unspecified atom stereocenters. The largest absolute Gasteiger partial charge is 0.444 e. The van der Waals surface area contributed by atoms with Crippen molar-refractivity contribution in [2.75, 3.05) is 19.6 Å². The Kier molecular flexibility index (Phi) is 3.96. The third kappa shape index (κ3) is 2.88. The third-order valence-corrected chi connectivity index (χ3v) is 4.46. The van der Waals surface area contributed by atoms with Gasteiger partial charge in [0, 0.05) is 19.1 Å². The van der Waals surface area contributed by atoms with Gasteiger partial charge in [0.15, 0.2) is 0 Å². The SMILES string of the molecule is CCN(Cc1coc(-c2cccs2)n1)C1CCNC1. The summed E-state index contributed by atoms with van der Waals surface area (Å²) in [5.74, 6) is 0.741. The highest BCUT2D eigenvalue weighted by atomic mass is 32.1. The van der Waals surface area contributed by atoms with Gasteiger partial charge in [-0.25, -0.2) is 4.98 Å². The van der Waals surface area contributed by atoms with E-state index in [1.54, 1.807) is 17.6 Å². The number of rotatable bonds is 5. The molecule has 1 atom stereocenters. The van der Waals surface area contributed by atoms with Crippen molar-refractivity contribution in [3.05, 3.63) is 29.5 Å².